The molecule has 0 spiro atoms. The summed E-state index contributed by atoms with van der Waals surface area (Å²) >= 11 is 0. The number of methoxy groups -OCH3 is 2. The first kappa shape index (κ1) is 15.7. The van der Waals surface area contributed by atoms with Gasteiger partial charge in [0.05, 0.1) is 14.2 Å². The lowest BCUT2D eigenvalue weighted by Gasteiger charge is -1.99. The number of hydrogen-bond acceptors (Lipinski definition) is 4. The highest BCUT2D eigenvalue weighted by Gasteiger charge is 1.98. The molecule has 17 heavy (non-hydrogen) atoms. The van der Waals surface area contributed by atoms with Gasteiger partial charge < -0.3 is 9.47 Å². The molecule has 0 aliphatic heterocycles. The predicted molar refractivity (Wildman–Crippen MR) is 65.5 cm³/mol. The molecule has 0 atom stereocenters. The maximum Gasteiger partial charge on any atom is 0.330 e. The molecule has 0 saturated heterocycles. The number of rotatable bonds is 9. The van der Waals surface area contributed by atoms with E-state index in [4.69, 9.17) is 0 Å². The van der Waals surface area contributed by atoms with E-state index in [-0.39, 0.29) is 11.9 Å². The molecule has 98 valence electrons. The van der Waals surface area contributed by atoms with Gasteiger partial charge in [0.1, 0.15) is 0 Å². The van der Waals surface area contributed by atoms with Gasteiger partial charge in [-0.3, -0.25) is 4.79 Å². The van der Waals surface area contributed by atoms with Crippen LogP contribution in [0, 0.1) is 0 Å². The van der Waals surface area contributed by atoms with E-state index < -0.39 is 0 Å². The molecule has 4 nitrogen and oxygen atoms in total. The van der Waals surface area contributed by atoms with Gasteiger partial charge in [0.15, 0.2) is 0 Å². The molecule has 0 aromatic rings. The summed E-state index contributed by atoms with van der Waals surface area (Å²) in [4.78, 5) is 21.5. The van der Waals surface area contributed by atoms with Gasteiger partial charge in [-0.2, -0.15) is 0 Å². The molecule has 4 heteroatoms. The van der Waals surface area contributed by atoms with Gasteiger partial charge in [-0.15, -0.1) is 0 Å². The average molecular weight is 242 g/mol. The van der Waals surface area contributed by atoms with Gasteiger partial charge in [-0.25, -0.2) is 4.79 Å². The Hall–Kier alpha value is -1.32. The minimum atomic E-state index is -0.303. The van der Waals surface area contributed by atoms with Crippen LogP contribution < -0.4 is 0 Å². The van der Waals surface area contributed by atoms with E-state index in [2.05, 4.69) is 9.47 Å². The fraction of sp³-hybridized carbons (Fsp3) is 0.692. The summed E-state index contributed by atoms with van der Waals surface area (Å²) in [7, 11) is 2.78. The van der Waals surface area contributed by atoms with Crippen LogP contribution in [0.3, 0.4) is 0 Å². The van der Waals surface area contributed by atoms with Crippen molar-refractivity contribution in [2.24, 2.45) is 0 Å². The van der Waals surface area contributed by atoms with E-state index in [0.717, 1.165) is 38.5 Å². The molecule has 0 amide bonds. The van der Waals surface area contributed by atoms with Crippen LogP contribution >= 0.6 is 0 Å². The van der Waals surface area contributed by atoms with Crippen molar-refractivity contribution in [3.05, 3.63) is 12.2 Å². The number of unbranched alkanes of at least 4 members (excludes halogenated alkanes) is 5. The topological polar surface area (TPSA) is 52.6 Å². The molecular formula is C13H22O4. The Balaban J connectivity index is 3.21. The van der Waals surface area contributed by atoms with Crippen LogP contribution in [0.25, 0.3) is 0 Å². The van der Waals surface area contributed by atoms with E-state index in [1.807, 2.05) is 6.08 Å². The first-order valence-corrected chi connectivity index (χ1v) is 6.02. The summed E-state index contributed by atoms with van der Waals surface area (Å²) < 4.78 is 9.02. The van der Waals surface area contributed by atoms with Crippen molar-refractivity contribution in [2.75, 3.05) is 14.2 Å². The zero-order valence-corrected chi connectivity index (χ0v) is 10.7. The second-order valence-electron chi connectivity index (χ2n) is 3.81. The molecule has 0 aliphatic rings. The van der Waals surface area contributed by atoms with E-state index in [1.54, 1.807) is 0 Å². The van der Waals surface area contributed by atoms with Crippen molar-refractivity contribution in [1.29, 1.82) is 0 Å². The predicted octanol–water partition coefficient (Wildman–Crippen LogP) is 2.62. The van der Waals surface area contributed by atoms with Crippen molar-refractivity contribution in [3.63, 3.8) is 0 Å². The number of allylic oxidation sites excluding steroid dienone is 1. The van der Waals surface area contributed by atoms with Crippen LogP contribution in [-0.4, -0.2) is 26.2 Å². The highest BCUT2D eigenvalue weighted by molar-refractivity contribution is 5.81. The molecule has 0 radical (unpaired) electrons. The van der Waals surface area contributed by atoms with Gasteiger partial charge in [0.2, 0.25) is 0 Å². The Morgan fingerprint density at radius 1 is 0.941 bits per heavy atom. The van der Waals surface area contributed by atoms with Crippen LogP contribution in [-0.2, 0) is 19.1 Å². The van der Waals surface area contributed by atoms with Crippen LogP contribution in [0.15, 0.2) is 12.2 Å². The Morgan fingerprint density at radius 2 is 1.59 bits per heavy atom. The minimum absolute atomic E-state index is 0.133. The van der Waals surface area contributed by atoms with Gasteiger partial charge in [-0.05, 0) is 19.3 Å². The summed E-state index contributed by atoms with van der Waals surface area (Å²) in [5.41, 5.74) is 0. The number of esters is 2. The fourth-order valence-corrected chi connectivity index (χ4v) is 1.41. The van der Waals surface area contributed by atoms with Crippen molar-refractivity contribution in [1.82, 2.24) is 0 Å². The van der Waals surface area contributed by atoms with Gasteiger partial charge in [0, 0.05) is 12.5 Å². The first-order valence-electron chi connectivity index (χ1n) is 6.02. The van der Waals surface area contributed by atoms with Crippen LogP contribution in [0.4, 0.5) is 0 Å². The van der Waals surface area contributed by atoms with Crippen molar-refractivity contribution < 1.29 is 19.1 Å². The number of carbonyl (C=O) groups is 2. The molecule has 0 bridgehead atoms. The Bertz CT molecular complexity index is 246. The average Bonchev–Trinajstić information content (AvgIpc) is 2.35. The van der Waals surface area contributed by atoms with Crippen LogP contribution in [0.5, 0.6) is 0 Å². The Labute approximate surface area is 103 Å². The molecule has 0 aromatic heterocycles. The molecule has 0 fully saturated rings. The Kier molecular flexibility index (Phi) is 10.3. The summed E-state index contributed by atoms with van der Waals surface area (Å²) in [5, 5.41) is 0. The molecule has 0 saturated carbocycles. The fourth-order valence-electron chi connectivity index (χ4n) is 1.41. The van der Waals surface area contributed by atoms with E-state index in [0.29, 0.717) is 6.42 Å². The normalized spacial score (nSPS) is 10.5. The number of carbonyl (C=O) groups excluding carboxylic acids is 2. The third kappa shape index (κ3) is 11.0. The van der Waals surface area contributed by atoms with E-state index in [9.17, 15) is 9.59 Å². The monoisotopic (exact) mass is 242 g/mol. The van der Waals surface area contributed by atoms with Crippen molar-refractivity contribution in [3.8, 4) is 0 Å². The van der Waals surface area contributed by atoms with Crippen molar-refractivity contribution in [2.45, 2.75) is 44.9 Å². The van der Waals surface area contributed by atoms with E-state index in [1.165, 1.54) is 20.3 Å². The second kappa shape index (κ2) is 11.2. The standard InChI is InChI=1S/C13H22O4/c1-16-12(14)10-8-6-4-3-5-7-9-11-13(15)17-2/h8,10H,3-7,9,11H2,1-2H3/b10-8-. The first-order chi connectivity index (χ1) is 8.20. The number of ether oxygens (including phenoxy) is 2. The highest BCUT2D eigenvalue weighted by Crippen LogP contribution is 2.08. The largest absolute Gasteiger partial charge is 0.469 e. The van der Waals surface area contributed by atoms with Gasteiger partial charge >= 0.3 is 11.9 Å². The molecule has 0 heterocycles. The van der Waals surface area contributed by atoms with Gasteiger partial charge in [0.25, 0.3) is 0 Å². The second-order valence-corrected chi connectivity index (χ2v) is 3.81. The zero-order chi connectivity index (χ0) is 12.9. The maximum atomic E-state index is 10.8. The van der Waals surface area contributed by atoms with Crippen LogP contribution in [0.1, 0.15) is 44.9 Å². The van der Waals surface area contributed by atoms with Crippen LogP contribution in [0.2, 0.25) is 0 Å². The smallest absolute Gasteiger partial charge is 0.330 e. The van der Waals surface area contributed by atoms with Gasteiger partial charge in [-0.1, -0.05) is 25.3 Å². The van der Waals surface area contributed by atoms with Crippen molar-refractivity contribution >= 4 is 11.9 Å². The third-order valence-electron chi connectivity index (χ3n) is 2.43. The lowest BCUT2D eigenvalue weighted by molar-refractivity contribution is -0.140. The number of hydrogen-bond donors (Lipinski definition) is 0. The molecule has 0 rings (SSSR count). The molecule has 0 N–H and O–H groups in total. The molecular weight excluding hydrogens is 220 g/mol. The summed E-state index contributed by atoms with van der Waals surface area (Å²) in [5.74, 6) is -0.436. The maximum absolute atomic E-state index is 10.8. The SMILES string of the molecule is COC(=O)/C=C\CCCCCCCC(=O)OC. The molecule has 0 unspecified atom stereocenters. The summed E-state index contributed by atoms with van der Waals surface area (Å²) in [6, 6.07) is 0. The lowest BCUT2D eigenvalue weighted by Crippen LogP contribution is -1.99. The minimum Gasteiger partial charge on any atom is -0.469 e. The highest BCUT2D eigenvalue weighted by atomic mass is 16.5. The molecule has 0 aromatic carbocycles. The zero-order valence-electron chi connectivity index (χ0n) is 10.7. The summed E-state index contributed by atoms with van der Waals surface area (Å²) in [6.45, 7) is 0. The third-order valence-corrected chi connectivity index (χ3v) is 2.43. The quantitative estimate of drug-likeness (QED) is 0.354. The van der Waals surface area contributed by atoms with E-state index >= 15 is 0 Å². The lowest BCUT2D eigenvalue weighted by atomic mass is 10.1. The molecule has 0 aliphatic carbocycles. The summed E-state index contributed by atoms with van der Waals surface area (Å²) in [6.07, 6.45) is 9.93. The Morgan fingerprint density at radius 3 is 2.24 bits per heavy atom.